The number of hydrogen-bond donors (Lipinski definition) is 0. The van der Waals surface area contributed by atoms with Crippen LogP contribution in [0.2, 0.25) is 0 Å². The molecule has 0 N–H and O–H groups in total. The van der Waals surface area contributed by atoms with Crippen LogP contribution in [0, 0.1) is 0 Å². The summed E-state index contributed by atoms with van der Waals surface area (Å²) >= 11 is 0. The lowest BCUT2D eigenvalue weighted by molar-refractivity contribution is 1.18. The smallest absolute Gasteiger partial charge is 0.0541 e. The zero-order chi connectivity index (χ0) is 37.0. The molecule has 0 aliphatic rings. The summed E-state index contributed by atoms with van der Waals surface area (Å²) in [5.41, 5.74) is 16.8. The number of benzene rings is 9. The quantitative estimate of drug-likeness (QED) is 0.162. The Morgan fingerprint density at radius 2 is 0.554 bits per heavy atom. The molecule has 2 heteroatoms. The minimum atomic E-state index is 1.15. The lowest BCUT2D eigenvalue weighted by Gasteiger charge is -2.12. The average molecular weight is 713 g/mol. The maximum atomic E-state index is 2.42. The largest absolute Gasteiger partial charge is 0.309 e. The summed E-state index contributed by atoms with van der Waals surface area (Å²) < 4.78 is 4.79. The Hall–Kier alpha value is -7.42. The minimum absolute atomic E-state index is 1.15. The predicted molar refractivity (Wildman–Crippen MR) is 237 cm³/mol. The van der Waals surface area contributed by atoms with Crippen molar-refractivity contribution in [3.05, 3.63) is 218 Å². The van der Waals surface area contributed by atoms with Gasteiger partial charge in [0.25, 0.3) is 0 Å². The minimum Gasteiger partial charge on any atom is -0.309 e. The Balaban J connectivity index is 0.998. The van der Waals surface area contributed by atoms with E-state index in [0.717, 1.165) is 5.69 Å². The van der Waals surface area contributed by atoms with Gasteiger partial charge in [0.05, 0.1) is 22.1 Å². The van der Waals surface area contributed by atoms with E-state index in [1.807, 2.05) is 0 Å². The van der Waals surface area contributed by atoms with E-state index < -0.39 is 0 Å². The van der Waals surface area contributed by atoms with Gasteiger partial charge >= 0.3 is 0 Å². The van der Waals surface area contributed by atoms with Crippen molar-refractivity contribution in [1.82, 2.24) is 9.13 Å². The Morgan fingerprint density at radius 1 is 0.196 bits per heavy atom. The standard InChI is InChI=1S/C54H36N2/c1-3-14-37(15-4-1)38-16-11-17-39(32-38)40-18-12-19-41(33-40)42-20-13-23-46(34-42)56-52-27-10-8-25-48(52)50-36-44(29-31-54(50)56)43-28-30-53-49(35-43)47-24-7-9-26-51(47)55(53)45-21-5-2-6-22-45/h1-36H. The topological polar surface area (TPSA) is 9.86 Å². The Bertz CT molecular complexity index is 3240. The van der Waals surface area contributed by atoms with Gasteiger partial charge in [-0.1, -0.05) is 146 Å². The zero-order valence-corrected chi connectivity index (χ0v) is 30.7. The second-order valence-electron chi connectivity index (χ2n) is 14.6. The normalized spacial score (nSPS) is 11.6. The first kappa shape index (κ1) is 32.0. The fourth-order valence-electron chi connectivity index (χ4n) is 8.65. The summed E-state index contributed by atoms with van der Waals surface area (Å²) in [4.78, 5) is 0. The molecule has 0 atom stereocenters. The molecule has 0 saturated carbocycles. The lowest BCUT2D eigenvalue weighted by Crippen LogP contribution is -1.94. The monoisotopic (exact) mass is 712 g/mol. The van der Waals surface area contributed by atoms with Gasteiger partial charge in [-0.3, -0.25) is 0 Å². The van der Waals surface area contributed by atoms with Gasteiger partial charge in [-0.25, -0.2) is 0 Å². The Kier molecular flexibility index (Phi) is 7.53. The summed E-state index contributed by atoms with van der Waals surface area (Å²) in [7, 11) is 0. The summed E-state index contributed by atoms with van der Waals surface area (Å²) in [5, 5.41) is 5.01. The lowest BCUT2D eigenvalue weighted by atomic mass is 9.96. The van der Waals surface area contributed by atoms with Gasteiger partial charge in [0.1, 0.15) is 0 Å². The summed E-state index contributed by atoms with van der Waals surface area (Å²) in [6.07, 6.45) is 0. The Morgan fingerprint density at radius 3 is 1.11 bits per heavy atom. The fraction of sp³-hybridized carbons (Fsp3) is 0. The Labute approximate surface area is 325 Å². The average Bonchev–Trinajstić information content (AvgIpc) is 3.79. The van der Waals surface area contributed by atoms with Crippen molar-refractivity contribution in [2.75, 3.05) is 0 Å². The van der Waals surface area contributed by atoms with E-state index in [1.54, 1.807) is 0 Å². The molecule has 0 aliphatic carbocycles. The van der Waals surface area contributed by atoms with Crippen LogP contribution in [0.15, 0.2) is 218 Å². The number of rotatable bonds is 6. The van der Waals surface area contributed by atoms with E-state index in [-0.39, 0.29) is 0 Å². The van der Waals surface area contributed by atoms with Crippen LogP contribution < -0.4 is 0 Å². The predicted octanol–water partition coefficient (Wildman–Crippen LogP) is 14.5. The second kappa shape index (κ2) is 13.2. The zero-order valence-electron chi connectivity index (χ0n) is 30.7. The molecule has 2 heterocycles. The van der Waals surface area contributed by atoms with Crippen molar-refractivity contribution in [2.24, 2.45) is 0 Å². The molecule has 11 aromatic rings. The van der Waals surface area contributed by atoms with Gasteiger partial charge in [0.15, 0.2) is 0 Å². The second-order valence-corrected chi connectivity index (χ2v) is 14.6. The van der Waals surface area contributed by atoms with Crippen LogP contribution in [-0.2, 0) is 0 Å². The molecule has 9 aromatic carbocycles. The fourth-order valence-corrected chi connectivity index (χ4v) is 8.65. The van der Waals surface area contributed by atoms with E-state index in [1.165, 1.54) is 93.8 Å². The number of hydrogen-bond acceptors (Lipinski definition) is 0. The molecule has 56 heavy (non-hydrogen) atoms. The number of fused-ring (bicyclic) bond motifs is 6. The molecule has 11 rings (SSSR count). The van der Waals surface area contributed by atoms with Gasteiger partial charge in [0, 0.05) is 32.9 Å². The highest BCUT2D eigenvalue weighted by atomic mass is 15.0. The van der Waals surface area contributed by atoms with Crippen LogP contribution in [-0.4, -0.2) is 9.13 Å². The van der Waals surface area contributed by atoms with Crippen molar-refractivity contribution in [2.45, 2.75) is 0 Å². The molecule has 0 fully saturated rings. The van der Waals surface area contributed by atoms with Crippen molar-refractivity contribution < 1.29 is 0 Å². The van der Waals surface area contributed by atoms with E-state index in [2.05, 4.69) is 228 Å². The van der Waals surface area contributed by atoms with Crippen molar-refractivity contribution >= 4 is 43.6 Å². The number of nitrogens with zero attached hydrogens (tertiary/aromatic N) is 2. The molecule has 0 unspecified atom stereocenters. The van der Waals surface area contributed by atoms with Crippen LogP contribution in [0.1, 0.15) is 0 Å². The van der Waals surface area contributed by atoms with E-state index >= 15 is 0 Å². The first-order valence-corrected chi connectivity index (χ1v) is 19.3. The maximum absolute atomic E-state index is 2.42. The first-order valence-electron chi connectivity index (χ1n) is 19.3. The van der Waals surface area contributed by atoms with Crippen LogP contribution in [0.3, 0.4) is 0 Å². The summed E-state index contributed by atoms with van der Waals surface area (Å²) in [5.74, 6) is 0. The third-order valence-corrected chi connectivity index (χ3v) is 11.3. The highest BCUT2D eigenvalue weighted by Crippen LogP contribution is 2.39. The molecule has 0 spiro atoms. The van der Waals surface area contributed by atoms with Crippen LogP contribution in [0.4, 0.5) is 0 Å². The van der Waals surface area contributed by atoms with Crippen molar-refractivity contribution in [3.8, 4) is 55.9 Å². The number of aromatic nitrogens is 2. The molecular weight excluding hydrogens is 677 g/mol. The van der Waals surface area contributed by atoms with Crippen molar-refractivity contribution in [3.63, 3.8) is 0 Å². The maximum Gasteiger partial charge on any atom is 0.0541 e. The van der Waals surface area contributed by atoms with Crippen LogP contribution in [0.5, 0.6) is 0 Å². The first-order chi connectivity index (χ1) is 27.8. The van der Waals surface area contributed by atoms with Gasteiger partial charge in [-0.2, -0.15) is 0 Å². The molecule has 0 amide bonds. The summed E-state index contributed by atoms with van der Waals surface area (Å²) in [6, 6.07) is 79.4. The molecular formula is C54H36N2. The third kappa shape index (κ3) is 5.34. The summed E-state index contributed by atoms with van der Waals surface area (Å²) in [6.45, 7) is 0. The molecule has 0 bridgehead atoms. The highest BCUT2D eigenvalue weighted by molar-refractivity contribution is 6.12. The molecule has 2 nitrogen and oxygen atoms in total. The molecule has 2 aromatic heterocycles. The molecule has 0 radical (unpaired) electrons. The highest BCUT2D eigenvalue weighted by Gasteiger charge is 2.16. The number of para-hydroxylation sites is 3. The van der Waals surface area contributed by atoms with E-state index in [9.17, 15) is 0 Å². The van der Waals surface area contributed by atoms with E-state index in [4.69, 9.17) is 0 Å². The SMILES string of the molecule is c1ccc(-c2cccc(-c3cccc(-c4cccc(-n5c6ccccc6c6cc(-c7ccc8c(c7)c7ccccc7n8-c7ccccc7)ccc65)c4)c3)c2)cc1. The van der Waals surface area contributed by atoms with Gasteiger partial charge in [-0.05, 0) is 117 Å². The van der Waals surface area contributed by atoms with Crippen LogP contribution >= 0.6 is 0 Å². The molecule has 262 valence electrons. The van der Waals surface area contributed by atoms with Crippen molar-refractivity contribution in [1.29, 1.82) is 0 Å². The molecule has 0 aliphatic heterocycles. The third-order valence-electron chi connectivity index (χ3n) is 11.3. The molecule has 0 saturated heterocycles. The van der Waals surface area contributed by atoms with Gasteiger partial charge in [-0.15, -0.1) is 0 Å². The van der Waals surface area contributed by atoms with Gasteiger partial charge in [0.2, 0.25) is 0 Å². The van der Waals surface area contributed by atoms with Gasteiger partial charge < -0.3 is 9.13 Å². The van der Waals surface area contributed by atoms with Crippen LogP contribution in [0.25, 0.3) is 99.5 Å². The van der Waals surface area contributed by atoms with E-state index in [0.29, 0.717) is 0 Å².